The standard InChI is InChI=1S/C14H29N3/c1-9-10-17(16-15)14(7,8)11-13(5,6)12(2,3)4/h9-10,15H,11H2,1-8H3/b10-9-,16-15?. The van der Waals surface area contributed by atoms with Gasteiger partial charge in [0.05, 0.1) is 5.54 Å². The van der Waals surface area contributed by atoms with E-state index in [1.54, 1.807) is 5.01 Å². The second-order valence-electron chi connectivity index (χ2n) is 7.05. The maximum absolute atomic E-state index is 7.28. The van der Waals surface area contributed by atoms with E-state index in [1.807, 2.05) is 19.2 Å². The van der Waals surface area contributed by atoms with Crippen molar-refractivity contribution in [2.75, 3.05) is 0 Å². The maximum Gasteiger partial charge on any atom is 0.0593 e. The molecule has 0 spiro atoms. The summed E-state index contributed by atoms with van der Waals surface area (Å²) in [5.41, 5.74) is 7.55. The van der Waals surface area contributed by atoms with E-state index in [-0.39, 0.29) is 16.4 Å². The van der Waals surface area contributed by atoms with E-state index in [9.17, 15) is 0 Å². The summed E-state index contributed by atoms with van der Waals surface area (Å²) in [4.78, 5) is 0. The van der Waals surface area contributed by atoms with Gasteiger partial charge in [-0.15, -0.1) is 0 Å². The summed E-state index contributed by atoms with van der Waals surface area (Å²) in [7, 11) is 0. The van der Waals surface area contributed by atoms with Crippen LogP contribution in [0.4, 0.5) is 0 Å². The Kier molecular flexibility index (Phi) is 4.93. The molecule has 0 aromatic carbocycles. The SMILES string of the molecule is C/C=C\N(N=N)C(C)(C)CC(C)(C)C(C)(C)C. The van der Waals surface area contributed by atoms with Gasteiger partial charge in [-0.1, -0.05) is 45.9 Å². The summed E-state index contributed by atoms with van der Waals surface area (Å²) in [5.74, 6) is 0. The smallest absolute Gasteiger partial charge is 0.0593 e. The van der Waals surface area contributed by atoms with Crippen molar-refractivity contribution in [1.29, 1.82) is 5.53 Å². The highest BCUT2D eigenvalue weighted by molar-refractivity contribution is 4.95. The third kappa shape index (κ3) is 4.14. The summed E-state index contributed by atoms with van der Waals surface area (Å²) in [6, 6.07) is 0. The first-order chi connectivity index (χ1) is 7.48. The van der Waals surface area contributed by atoms with E-state index in [0.717, 1.165) is 6.42 Å². The van der Waals surface area contributed by atoms with Crippen LogP contribution >= 0.6 is 0 Å². The van der Waals surface area contributed by atoms with Crippen molar-refractivity contribution in [1.82, 2.24) is 5.01 Å². The van der Waals surface area contributed by atoms with E-state index in [1.165, 1.54) is 0 Å². The number of nitrogens with one attached hydrogen (secondary N) is 1. The lowest BCUT2D eigenvalue weighted by Crippen LogP contribution is -2.44. The van der Waals surface area contributed by atoms with Crippen LogP contribution < -0.4 is 0 Å². The van der Waals surface area contributed by atoms with E-state index >= 15 is 0 Å². The van der Waals surface area contributed by atoms with Crippen molar-refractivity contribution in [3.05, 3.63) is 12.3 Å². The molecule has 1 N–H and O–H groups in total. The van der Waals surface area contributed by atoms with Gasteiger partial charge in [-0.25, -0.2) is 5.01 Å². The molecule has 0 bridgehead atoms. The molecule has 0 heterocycles. The van der Waals surface area contributed by atoms with Crippen LogP contribution in [-0.4, -0.2) is 10.5 Å². The number of hydrogen-bond acceptors (Lipinski definition) is 2. The van der Waals surface area contributed by atoms with Gasteiger partial charge in [0.15, 0.2) is 0 Å². The quantitative estimate of drug-likeness (QED) is 0.531. The van der Waals surface area contributed by atoms with Gasteiger partial charge in [-0.2, -0.15) is 5.53 Å². The maximum atomic E-state index is 7.28. The lowest BCUT2D eigenvalue weighted by atomic mass is 9.64. The lowest BCUT2D eigenvalue weighted by Gasteiger charge is -2.46. The van der Waals surface area contributed by atoms with Gasteiger partial charge in [0.2, 0.25) is 0 Å². The van der Waals surface area contributed by atoms with Crippen LogP contribution in [0.2, 0.25) is 0 Å². The molecular weight excluding hydrogens is 210 g/mol. The Bertz CT molecular complexity index is 282. The Morgan fingerprint density at radius 2 is 1.53 bits per heavy atom. The highest BCUT2D eigenvalue weighted by Crippen LogP contribution is 2.45. The molecule has 0 radical (unpaired) electrons. The number of hydrogen-bond donors (Lipinski definition) is 1. The van der Waals surface area contributed by atoms with Gasteiger partial charge in [0.25, 0.3) is 0 Å². The summed E-state index contributed by atoms with van der Waals surface area (Å²) < 4.78 is 0. The summed E-state index contributed by atoms with van der Waals surface area (Å²) >= 11 is 0. The molecule has 0 unspecified atom stereocenters. The van der Waals surface area contributed by atoms with Gasteiger partial charge < -0.3 is 0 Å². The van der Waals surface area contributed by atoms with Gasteiger partial charge >= 0.3 is 0 Å². The molecule has 0 amide bonds. The molecule has 0 aliphatic heterocycles. The number of allylic oxidation sites excluding steroid dienone is 1. The number of rotatable bonds is 5. The fourth-order valence-electron chi connectivity index (χ4n) is 1.94. The first kappa shape index (κ1) is 16.1. The van der Waals surface area contributed by atoms with Gasteiger partial charge in [-0.05, 0) is 38.0 Å². The topological polar surface area (TPSA) is 39.5 Å². The van der Waals surface area contributed by atoms with Crippen LogP contribution in [0.3, 0.4) is 0 Å². The van der Waals surface area contributed by atoms with Crippen molar-refractivity contribution in [3.63, 3.8) is 0 Å². The molecule has 3 nitrogen and oxygen atoms in total. The molecule has 100 valence electrons. The largest absolute Gasteiger partial charge is 0.250 e. The molecule has 0 saturated heterocycles. The fraction of sp³-hybridized carbons (Fsp3) is 0.857. The van der Waals surface area contributed by atoms with Crippen LogP contribution in [-0.2, 0) is 0 Å². The summed E-state index contributed by atoms with van der Waals surface area (Å²) in [5, 5.41) is 5.35. The third-order valence-electron chi connectivity index (χ3n) is 3.92. The van der Waals surface area contributed by atoms with Gasteiger partial charge in [0.1, 0.15) is 0 Å². The molecule has 0 aromatic heterocycles. The van der Waals surface area contributed by atoms with E-state index in [4.69, 9.17) is 5.53 Å². The van der Waals surface area contributed by atoms with Gasteiger partial charge in [0, 0.05) is 6.20 Å². The minimum absolute atomic E-state index is 0.148. The first-order valence-corrected chi connectivity index (χ1v) is 6.27. The third-order valence-corrected chi connectivity index (χ3v) is 3.92. The normalized spacial score (nSPS) is 14.1. The fourth-order valence-corrected chi connectivity index (χ4v) is 1.94. The van der Waals surface area contributed by atoms with Crippen LogP contribution in [0.25, 0.3) is 0 Å². The van der Waals surface area contributed by atoms with Crippen LogP contribution in [0.5, 0.6) is 0 Å². The molecule has 0 rings (SSSR count). The predicted molar refractivity (Wildman–Crippen MR) is 73.7 cm³/mol. The Labute approximate surface area is 107 Å². The minimum Gasteiger partial charge on any atom is -0.250 e. The van der Waals surface area contributed by atoms with Crippen LogP contribution in [0.1, 0.15) is 61.8 Å². The van der Waals surface area contributed by atoms with Gasteiger partial charge in [-0.3, -0.25) is 0 Å². The van der Waals surface area contributed by atoms with Crippen LogP contribution in [0.15, 0.2) is 17.5 Å². The highest BCUT2D eigenvalue weighted by atomic mass is 15.5. The number of nitrogens with zero attached hydrogens (tertiary/aromatic N) is 2. The van der Waals surface area contributed by atoms with Crippen molar-refractivity contribution >= 4 is 0 Å². The molecule has 3 heteroatoms. The minimum atomic E-state index is -0.148. The van der Waals surface area contributed by atoms with Crippen molar-refractivity contribution in [2.45, 2.75) is 67.3 Å². The zero-order chi connectivity index (χ0) is 13.9. The molecule has 0 aliphatic rings. The average molecular weight is 239 g/mol. The summed E-state index contributed by atoms with van der Waals surface area (Å²) in [6.45, 7) is 17.6. The van der Waals surface area contributed by atoms with E-state index < -0.39 is 0 Å². The molecule has 0 atom stereocenters. The molecule has 17 heavy (non-hydrogen) atoms. The summed E-state index contributed by atoms with van der Waals surface area (Å²) in [6.07, 6.45) is 4.77. The Morgan fingerprint density at radius 3 is 1.82 bits per heavy atom. The monoisotopic (exact) mass is 239 g/mol. The second-order valence-corrected chi connectivity index (χ2v) is 7.05. The highest BCUT2D eigenvalue weighted by Gasteiger charge is 2.39. The van der Waals surface area contributed by atoms with Crippen molar-refractivity contribution < 1.29 is 0 Å². The first-order valence-electron chi connectivity index (χ1n) is 6.27. The van der Waals surface area contributed by atoms with Crippen molar-refractivity contribution in [3.8, 4) is 0 Å². The second kappa shape index (κ2) is 5.19. The Hall–Kier alpha value is -0.860. The van der Waals surface area contributed by atoms with Crippen molar-refractivity contribution in [2.24, 2.45) is 16.1 Å². The Balaban J connectivity index is 5.03. The molecule has 0 aromatic rings. The molecule has 0 saturated carbocycles. The van der Waals surface area contributed by atoms with Crippen LogP contribution in [0, 0.1) is 16.4 Å². The zero-order valence-corrected chi connectivity index (χ0v) is 12.8. The predicted octanol–water partition coefficient (Wildman–Crippen LogP) is 5.01. The lowest BCUT2D eigenvalue weighted by molar-refractivity contribution is 0.0392. The molecular formula is C14H29N3. The molecule has 0 fully saturated rings. The average Bonchev–Trinajstić information content (AvgIpc) is 2.10. The Morgan fingerprint density at radius 1 is 1.06 bits per heavy atom. The van der Waals surface area contributed by atoms with E-state index in [0.29, 0.717) is 0 Å². The molecule has 0 aliphatic carbocycles. The zero-order valence-electron chi connectivity index (χ0n) is 12.8. The van der Waals surface area contributed by atoms with E-state index in [2.05, 4.69) is 53.7 Å².